The van der Waals surface area contributed by atoms with Crippen LogP contribution in [0.15, 0.2) is 15.4 Å². The van der Waals surface area contributed by atoms with Gasteiger partial charge in [0.15, 0.2) is 4.91 Å². The Balaban J connectivity index is 3.19. The van der Waals surface area contributed by atoms with Crippen molar-refractivity contribution in [2.75, 3.05) is 6.61 Å². The highest BCUT2D eigenvalue weighted by Crippen LogP contribution is 2.16. The summed E-state index contributed by atoms with van der Waals surface area (Å²) in [5.74, 6) is -1.57. The topological polar surface area (TPSA) is 104 Å². The lowest BCUT2D eigenvalue weighted by molar-refractivity contribution is -0.131. The Kier molecular flexibility index (Phi) is 1.99. The monoisotopic (exact) mass is 191 g/mol. The van der Waals surface area contributed by atoms with Gasteiger partial charge in [0, 0.05) is 0 Å². The molecule has 0 aromatic rings. The van der Waals surface area contributed by atoms with E-state index in [0.29, 0.717) is 0 Å². The number of carboxylic acids is 1. The summed E-state index contributed by atoms with van der Waals surface area (Å²) >= 11 is 0. The van der Waals surface area contributed by atoms with Gasteiger partial charge >= 0.3 is 5.97 Å². The molecule has 0 saturated carbocycles. The maximum absolute atomic E-state index is 10.8. The molecule has 0 aromatic heterocycles. The zero-order valence-corrected chi connectivity index (χ0v) is 6.58. The third-order valence-electron chi connectivity index (χ3n) is 1.19. The molecule has 0 amide bonds. The second-order valence-electron chi connectivity index (χ2n) is 2.03. The van der Waals surface area contributed by atoms with Gasteiger partial charge in [0.25, 0.3) is 10.0 Å². The summed E-state index contributed by atoms with van der Waals surface area (Å²) in [6, 6.07) is 0. The van der Waals surface area contributed by atoms with Gasteiger partial charge in [-0.3, -0.25) is 0 Å². The minimum Gasteiger partial charge on any atom is -0.477 e. The average molecular weight is 191 g/mol. The van der Waals surface area contributed by atoms with Crippen LogP contribution in [-0.4, -0.2) is 36.9 Å². The Labute approximate surface area is 67.9 Å². The molecule has 0 bridgehead atoms. The molecule has 6 nitrogen and oxygen atoms in total. The fourth-order valence-electron chi connectivity index (χ4n) is 0.702. The SMILES string of the molecule is O=C(O)C1=CC(CO)=NS1(=O)=O. The fourth-order valence-corrected chi connectivity index (χ4v) is 1.73. The van der Waals surface area contributed by atoms with E-state index in [-0.39, 0.29) is 5.71 Å². The quantitative estimate of drug-likeness (QED) is 0.566. The van der Waals surface area contributed by atoms with Crippen LogP contribution < -0.4 is 0 Å². The highest BCUT2D eigenvalue weighted by Gasteiger charge is 2.29. The van der Waals surface area contributed by atoms with Gasteiger partial charge in [-0.1, -0.05) is 0 Å². The summed E-state index contributed by atoms with van der Waals surface area (Å²) in [5, 5.41) is 16.8. The van der Waals surface area contributed by atoms with Crippen molar-refractivity contribution in [3.8, 4) is 0 Å². The summed E-state index contributed by atoms with van der Waals surface area (Å²) in [6.07, 6.45) is 0.831. The number of carbonyl (C=O) groups is 1. The molecule has 0 spiro atoms. The van der Waals surface area contributed by atoms with Crippen LogP contribution >= 0.6 is 0 Å². The molecule has 0 aromatic carbocycles. The van der Waals surface area contributed by atoms with Crippen LogP contribution in [0.3, 0.4) is 0 Å². The molecule has 1 rings (SSSR count). The standard InChI is InChI=1S/C5H5NO5S/c7-2-3-1-4(5(8)9)12(10,11)6-3/h1,7H,2H2,(H,8,9). The Morgan fingerprint density at radius 1 is 1.58 bits per heavy atom. The first-order valence-corrected chi connectivity index (χ1v) is 4.31. The van der Waals surface area contributed by atoms with Gasteiger partial charge < -0.3 is 10.2 Å². The second-order valence-corrected chi connectivity index (χ2v) is 3.60. The molecule has 0 fully saturated rings. The Morgan fingerprint density at radius 2 is 2.17 bits per heavy atom. The lowest BCUT2D eigenvalue weighted by atomic mass is 10.3. The molecular formula is C5H5NO5S. The van der Waals surface area contributed by atoms with E-state index in [9.17, 15) is 13.2 Å². The largest absolute Gasteiger partial charge is 0.477 e. The third kappa shape index (κ3) is 1.36. The Hall–Kier alpha value is -1.21. The van der Waals surface area contributed by atoms with Crippen LogP contribution in [0.4, 0.5) is 0 Å². The van der Waals surface area contributed by atoms with Crippen LogP contribution in [0.2, 0.25) is 0 Å². The minimum absolute atomic E-state index is 0.160. The molecule has 0 unspecified atom stereocenters. The van der Waals surface area contributed by atoms with Gasteiger partial charge in [0.1, 0.15) is 0 Å². The van der Waals surface area contributed by atoms with E-state index in [1.165, 1.54) is 0 Å². The van der Waals surface area contributed by atoms with Crippen LogP contribution in [0.5, 0.6) is 0 Å². The van der Waals surface area contributed by atoms with Gasteiger partial charge in [-0.2, -0.15) is 12.8 Å². The first-order chi connectivity index (χ1) is 5.47. The van der Waals surface area contributed by atoms with E-state index in [1.807, 2.05) is 0 Å². The smallest absolute Gasteiger partial charge is 0.349 e. The average Bonchev–Trinajstić information content (AvgIpc) is 2.25. The molecule has 66 valence electrons. The fraction of sp³-hybridized carbons (Fsp3) is 0.200. The molecule has 0 radical (unpaired) electrons. The van der Waals surface area contributed by atoms with Crippen molar-refractivity contribution in [3.05, 3.63) is 11.0 Å². The molecule has 0 aliphatic carbocycles. The van der Waals surface area contributed by atoms with Crippen molar-refractivity contribution in [1.82, 2.24) is 0 Å². The lowest BCUT2D eigenvalue weighted by Crippen LogP contribution is -2.07. The Morgan fingerprint density at radius 3 is 2.42 bits per heavy atom. The number of aliphatic carboxylic acids is 1. The number of hydrogen-bond donors (Lipinski definition) is 2. The van der Waals surface area contributed by atoms with Crippen LogP contribution in [0.1, 0.15) is 0 Å². The number of nitrogens with zero attached hydrogens (tertiary/aromatic N) is 1. The van der Waals surface area contributed by atoms with E-state index < -0.39 is 27.5 Å². The number of aliphatic hydroxyl groups excluding tert-OH is 1. The van der Waals surface area contributed by atoms with Gasteiger partial charge in [0.05, 0.1) is 12.3 Å². The van der Waals surface area contributed by atoms with Gasteiger partial charge in [-0.05, 0) is 6.08 Å². The summed E-state index contributed by atoms with van der Waals surface area (Å²) in [7, 11) is -4.06. The zero-order chi connectivity index (χ0) is 9.35. The van der Waals surface area contributed by atoms with E-state index in [1.54, 1.807) is 0 Å². The molecule has 2 N–H and O–H groups in total. The summed E-state index contributed by atoms with van der Waals surface area (Å²) in [4.78, 5) is 9.48. The Bertz CT molecular complexity index is 377. The molecule has 0 saturated heterocycles. The van der Waals surface area contributed by atoms with Crippen molar-refractivity contribution in [3.63, 3.8) is 0 Å². The maximum Gasteiger partial charge on any atom is 0.349 e. The molecule has 7 heteroatoms. The minimum atomic E-state index is -4.06. The molecule has 1 aliphatic rings. The van der Waals surface area contributed by atoms with Gasteiger partial charge in [-0.25, -0.2) is 4.79 Å². The highest BCUT2D eigenvalue weighted by atomic mass is 32.2. The van der Waals surface area contributed by atoms with E-state index in [0.717, 1.165) is 6.08 Å². The van der Waals surface area contributed by atoms with Crippen LogP contribution in [-0.2, 0) is 14.8 Å². The summed E-state index contributed by atoms with van der Waals surface area (Å²) < 4.78 is 24.7. The van der Waals surface area contributed by atoms with Crippen molar-refractivity contribution >= 4 is 21.7 Å². The zero-order valence-electron chi connectivity index (χ0n) is 5.76. The highest BCUT2D eigenvalue weighted by molar-refractivity contribution is 7.95. The third-order valence-corrected chi connectivity index (χ3v) is 2.51. The molecule has 12 heavy (non-hydrogen) atoms. The second kappa shape index (κ2) is 2.68. The number of sulfonamides is 1. The van der Waals surface area contributed by atoms with Crippen molar-refractivity contribution in [1.29, 1.82) is 0 Å². The first-order valence-electron chi connectivity index (χ1n) is 2.87. The van der Waals surface area contributed by atoms with Crippen molar-refractivity contribution in [2.24, 2.45) is 4.40 Å². The molecule has 1 aliphatic heterocycles. The van der Waals surface area contributed by atoms with Crippen LogP contribution in [0.25, 0.3) is 0 Å². The number of hydrogen-bond acceptors (Lipinski definition) is 4. The predicted molar refractivity (Wildman–Crippen MR) is 39.2 cm³/mol. The summed E-state index contributed by atoms with van der Waals surface area (Å²) in [5.41, 5.74) is -0.160. The van der Waals surface area contributed by atoms with E-state index in [4.69, 9.17) is 10.2 Å². The van der Waals surface area contributed by atoms with Crippen LogP contribution in [0, 0.1) is 0 Å². The normalized spacial score (nSPS) is 20.1. The summed E-state index contributed by atoms with van der Waals surface area (Å²) in [6.45, 7) is -0.587. The maximum atomic E-state index is 10.8. The molecular weight excluding hydrogens is 186 g/mol. The number of rotatable bonds is 2. The van der Waals surface area contributed by atoms with Crippen molar-refractivity contribution in [2.45, 2.75) is 0 Å². The predicted octanol–water partition coefficient (Wildman–Crippen LogP) is -1.27. The number of aliphatic hydroxyl groups is 1. The van der Waals surface area contributed by atoms with Gasteiger partial charge in [-0.15, -0.1) is 0 Å². The lowest BCUT2D eigenvalue weighted by Gasteiger charge is -1.89. The first kappa shape index (κ1) is 8.88. The van der Waals surface area contributed by atoms with E-state index >= 15 is 0 Å². The molecule has 0 atom stereocenters. The van der Waals surface area contributed by atoms with Crippen molar-refractivity contribution < 1.29 is 23.4 Å². The van der Waals surface area contributed by atoms with Gasteiger partial charge in [0.2, 0.25) is 0 Å². The van der Waals surface area contributed by atoms with E-state index in [2.05, 4.69) is 4.40 Å². The molecule has 1 heterocycles. The number of carboxylic acid groups (broad SMARTS) is 1.